The molecule has 2 N–H and O–H groups in total. The minimum atomic E-state index is -0.880. The quantitative estimate of drug-likeness (QED) is 0.336. The highest BCUT2D eigenvalue weighted by Crippen LogP contribution is 2.42. The van der Waals surface area contributed by atoms with E-state index in [0.29, 0.717) is 21.3 Å². The fraction of sp³-hybridized carbons (Fsp3) is 0.450. The highest BCUT2D eigenvalue weighted by Gasteiger charge is 2.40. The lowest BCUT2D eigenvalue weighted by Gasteiger charge is -2.23. The van der Waals surface area contributed by atoms with Gasteiger partial charge in [0, 0.05) is 30.9 Å². The minimum absolute atomic E-state index is 0.0403. The van der Waals surface area contributed by atoms with Crippen LogP contribution in [0.4, 0.5) is 0 Å². The molecular weight excluding hydrogens is 459 g/mol. The number of thiophene rings is 1. The normalized spacial score (nSPS) is 24.6. The van der Waals surface area contributed by atoms with Crippen LogP contribution in [0.15, 0.2) is 35.2 Å². The molecule has 3 rings (SSSR count). The fourth-order valence-electron chi connectivity index (χ4n) is 3.71. The number of rotatable bonds is 8. The zero-order valence-corrected chi connectivity index (χ0v) is 18.9. The fourth-order valence-corrected chi connectivity index (χ4v) is 7.02. The Morgan fingerprint density at radius 2 is 1.89 bits per heavy atom. The third kappa shape index (κ3) is 5.80. The van der Waals surface area contributed by atoms with E-state index < -0.39 is 12.1 Å². The van der Waals surface area contributed by atoms with Gasteiger partial charge in [0.25, 0.3) is 0 Å². The van der Waals surface area contributed by atoms with E-state index in [1.807, 2.05) is 18.2 Å². The van der Waals surface area contributed by atoms with Crippen LogP contribution in [0.25, 0.3) is 0 Å². The third-order valence-corrected chi connectivity index (χ3v) is 8.28. The molecule has 0 spiro atoms. The average molecular weight is 480 g/mol. The van der Waals surface area contributed by atoms with Crippen molar-refractivity contribution in [3.63, 3.8) is 0 Å². The first-order chi connectivity index (χ1) is 13.3. The van der Waals surface area contributed by atoms with Crippen LogP contribution in [0.2, 0.25) is 10.0 Å². The van der Waals surface area contributed by atoms with Crippen LogP contribution in [0.5, 0.6) is 0 Å². The van der Waals surface area contributed by atoms with Gasteiger partial charge >= 0.3 is 5.97 Å². The van der Waals surface area contributed by atoms with Crippen molar-refractivity contribution in [1.29, 1.82) is 0 Å². The second-order valence-corrected chi connectivity index (χ2v) is 10.7. The number of aromatic carboxylic acids is 1. The van der Waals surface area contributed by atoms with Crippen molar-refractivity contribution < 1.29 is 15.0 Å². The molecule has 1 saturated carbocycles. The van der Waals surface area contributed by atoms with E-state index in [1.165, 1.54) is 11.3 Å². The van der Waals surface area contributed by atoms with Crippen molar-refractivity contribution in [2.75, 3.05) is 5.75 Å². The van der Waals surface area contributed by atoms with Crippen molar-refractivity contribution in [2.45, 2.75) is 42.1 Å². The number of aliphatic hydroxyl groups is 1. The summed E-state index contributed by atoms with van der Waals surface area (Å²) in [5, 5.41) is 20.7. The molecule has 4 atom stereocenters. The molecule has 1 fully saturated rings. The molecule has 2 aromatic rings. The molecule has 3 nitrogen and oxygen atoms in total. The Labute approximate surface area is 188 Å². The molecule has 0 bridgehead atoms. The van der Waals surface area contributed by atoms with E-state index >= 15 is 0 Å². The van der Waals surface area contributed by atoms with Gasteiger partial charge in [-0.3, -0.25) is 0 Å². The highest BCUT2D eigenvalue weighted by molar-refractivity contribution is 7.99. The van der Waals surface area contributed by atoms with E-state index in [2.05, 4.69) is 0 Å². The largest absolute Gasteiger partial charge is 0.477 e. The maximum absolute atomic E-state index is 11.0. The zero-order chi connectivity index (χ0) is 20.3. The Hall–Kier alpha value is -0.430. The van der Waals surface area contributed by atoms with Gasteiger partial charge in [0.15, 0.2) is 0 Å². The lowest BCUT2D eigenvalue weighted by atomic mass is 9.91. The van der Waals surface area contributed by atoms with E-state index in [9.17, 15) is 9.90 Å². The molecule has 1 aromatic carbocycles. The number of alkyl halides is 1. The number of aryl methyl sites for hydroxylation is 1. The topological polar surface area (TPSA) is 57.5 Å². The Morgan fingerprint density at radius 3 is 2.54 bits per heavy atom. The summed E-state index contributed by atoms with van der Waals surface area (Å²) in [4.78, 5) is 13.4. The SMILES string of the molecule is O=C(O)c1ccc(CCC[C@@H]2[C@@H](CSc3cc(Cl)cc(Cl)c3)[C@H](O)C[C@@H]2Cl)s1. The van der Waals surface area contributed by atoms with Gasteiger partial charge in [0.1, 0.15) is 4.88 Å². The number of benzene rings is 1. The Morgan fingerprint density at radius 1 is 1.18 bits per heavy atom. The maximum atomic E-state index is 11.0. The van der Waals surface area contributed by atoms with Gasteiger partial charge in [-0.05, 0) is 67.9 Å². The van der Waals surface area contributed by atoms with Gasteiger partial charge in [-0.2, -0.15) is 0 Å². The van der Waals surface area contributed by atoms with Gasteiger partial charge < -0.3 is 10.2 Å². The van der Waals surface area contributed by atoms with Crippen molar-refractivity contribution in [3.8, 4) is 0 Å². The molecule has 0 amide bonds. The van der Waals surface area contributed by atoms with E-state index in [0.717, 1.165) is 34.8 Å². The molecular formula is C20H21Cl3O3S2. The number of carbonyl (C=O) groups is 1. The van der Waals surface area contributed by atoms with Gasteiger partial charge in [-0.1, -0.05) is 23.2 Å². The summed E-state index contributed by atoms with van der Waals surface area (Å²) in [6.45, 7) is 0. The molecule has 1 heterocycles. The number of halogens is 3. The lowest BCUT2D eigenvalue weighted by molar-refractivity contribution is 0.0702. The van der Waals surface area contributed by atoms with E-state index in [1.54, 1.807) is 23.9 Å². The van der Waals surface area contributed by atoms with Crippen molar-refractivity contribution in [2.24, 2.45) is 11.8 Å². The van der Waals surface area contributed by atoms with Crippen molar-refractivity contribution >= 4 is 63.9 Å². The average Bonchev–Trinajstić information content (AvgIpc) is 3.18. The summed E-state index contributed by atoms with van der Waals surface area (Å²) >= 11 is 21.6. The molecule has 0 radical (unpaired) electrons. The number of aliphatic hydroxyl groups excluding tert-OH is 1. The molecule has 1 aromatic heterocycles. The smallest absolute Gasteiger partial charge is 0.345 e. The maximum Gasteiger partial charge on any atom is 0.345 e. The van der Waals surface area contributed by atoms with E-state index in [4.69, 9.17) is 39.9 Å². The third-order valence-electron chi connectivity index (χ3n) is 5.09. The predicted molar refractivity (Wildman–Crippen MR) is 119 cm³/mol. The highest BCUT2D eigenvalue weighted by atomic mass is 35.5. The van der Waals surface area contributed by atoms with E-state index in [-0.39, 0.29) is 17.2 Å². The summed E-state index contributed by atoms with van der Waals surface area (Å²) in [6, 6.07) is 9.00. The summed E-state index contributed by atoms with van der Waals surface area (Å²) in [5.41, 5.74) is 0. The molecule has 0 unspecified atom stereocenters. The summed E-state index contributed by atoms with van der Waals surface area (Å²) in [6.07, 6.45) is 2.86. The standard InChI is InChI=1S/C20H21Cl3O3S2/c21-11-6-12(22)8-14(7-11)27-10-16-15(17(23)9-18(16)24)3-1-2-13-4-5-19(28-13)20(25)26/h4-8,15-18,24H,1-3,9-10H2,(H,25,26)/t15-,16-,17+,18-/m1/s1. The van der Waals surface area contributed by atoms with Gasteiger partial charge in [0.2, 0.25) is 0 Å². The van der Waals surface area contributed by atoms with Gasteiger partial charge in [-0.15, -0.1) is 34.7 Å². The van der Waals surface area contributed by atoms with Crippen molar-refractivity contribution in [3.05, 3.63) is 50.1 Å². The van der Waals surface area contributed by atoms with Crippen LogP contribution in [0.1, 0.15) is 33.8 Å². The predicted octanol–water partition coefficient (Wildman–Crippen LogP) is 6.47. The van der Waals surface area contributed by atoms with Crippen molar-refractivity contribution in [1.82, 2.24) is 0 Å². The summed E-state index contributed by atoms with van der Waals surface area (Å²) < 4.78 is 0. The van der Waals surface area contributed by atoms with Crippen LogP contribution in [-0.2, 0) is 6.42 Å². The molecule has 152 valence electrons. The number of carboxylic acids is 1. The Kier molecular flexibility index (Phi) is 7.99. The monoisotopic (exact) mass is 478 g/mol. The van der Waals surface area contributed by atoms with Crippen LogP contribution >= 0.6 is 57.9 Å². The first-order valence-electron chi connectivity index (χ1n) is 9.06. The number of carboxylic acid groups (broad SMARTS) is 1. The second kappa shape index (κ2) is 10.1. The summed E-state index contributed by atoms with van der Waals surface area (Å²) in [7, 11) is 0. The number of hydrogen-bond acceptors (Lipinski definition) is 4. The van der Waals surface area contributed by atoms with Crippen LogP contribution in [0.3, 0.4) is 0 Å². The Balaban J connectivity index is 1.56. The second-order valence-electron chi connectivity index (χ2n) is 7.03. The molecule has 0 saturated heterocycles. The zero-order valence-electron chi connectivity index (χ0n) is 15.0. The van der Waals surface area contributed by atoms with Gasteiger partial charge in [0.05, 0.1) is 6.10 Å². The molecule has 1 aliphatic carbocycles. The first kappa shape index (κ1) is 22.3. The minimum Gasteiger partial charge on any atom is -0.477 e. The first-order valence-corrected chi connectivity index (χ1v) is 12.1. The lowest BCUT2D eigenvalue weighted by Crippen LogP contribution is -2.23. The Bertz CT molecular complexity index is 807. The van der Waals surface area contributed by atoms with Crippen LogP contribution < -0.4 is 0 Å². The number of hydrogen-bond donors (Lipinski definition) is 2. The van der Waals surface area contributed by atoms with Gasteiger partial charge in [-0.25, -0.2) is 4.79 Å². The molecule has 0 aliphatic heterocycles. The summed E-state index contributed by atoms with van der Waals surface area (Å²) in [5.74, 6) is 0.226. The van der Waals surface area contributed by atoms with Crippen LogP contribution in [-0.4, -0.2) is 33.4 Å². The molecule has 28 heavy (non-hydrogen) atoms. The molecule has 8 heteroatoms. The molecule has 1 aliphatic rings. The van der Waals surface area contributed by atoms with Crippen LogP contribution in [0, 0.1) is 11.8 Å². The number of thioether (sulfide) groups is 1.